The molecule has 0 bridgehead atoms. The minimum atomic E-state index is -1.98. The van der Waals surface area contributed by atoms with Crippen LogP contribution < -0.4 is 0 Å². The number of nitriles is 1. The summed E-state index contributed by atoms with van der Waals surface area (Å²) in [5.74, 6) is 0.309. The summed E-state index contributed by atoms with van der Waals surface area (Å²) in [4.78, 5) is 22.8. The van der Waals surface area contributed by atoms with E-state index in [2.05, 4.69) is 60.1 Å². The summed E-state index contributed by atoms with van der Waals surface area (Å²) in [5.41, 5.74) is 3.10. The molecule has 2 atom stereocenters. The minimum absolute atomic E-state index is 0.0619. The zero-order valence-corrected chi connectivity index (χ0v) is 25.0. The Morgan fingerprint density at radius 3 is 2.47 bits per heavy atom. The van der Waals surface area contributed by atoms with Crippen molar-refractivity contribution in [2.75, 3.05) is 7.11 Å². The average molecular weight is 555 g/mol. The van der Waals surface area contributed by atoms with E-state index in [1.807, 2.05) is 13.8 Å². The van der Waals surface area contributed by atoms with E-state index in [-0.39, 0.29) is 35.9 Å². The molecule has 3 aromatic rings. The number of carbonyl (C=O) groups excluding carboxylic acids is 1. The molecule has 0 spiro atoms. The second kappa shape index (κ2) is 11.8. The quantitative estimate of drug-likeness (QED) is 0.292. The highest BCUT2D eigenvalue weighted by Gasteiger charge is 2.39. The van der Waals surface area contributed by atoms with Crippen molar-refractivity contribution < 1.29 is 14.0 Å². The van der Waals surface area contributed by atoms with Crippen molar-refractivity contribution in [2.45, 2.75) is 77.8 Å². The molecule has 202 valence electrons. The first-order valence-electron chi connectivity index (χ1n) is 12.4. The molecule has 38 heavy (non-hydrogen) atoms. The number of carbonyl (C=O) groups is 1. The third-order valence-corrected chi connectivity index (χ3v) is 11.8. The molecule has 0 radical (unpaired) electrons. The van der Waals surface area contributed by atoms with Crippen molar-refractivity contribution in [1.29, 1.82) is 5.26 Å². The van der Waals surface area contributed by atoms with Gasteiger partial charge in [0.15, 0.2) is 14.1 Å². The zero-order chi connectivity index (χ0) is 28.3. The van der Waals surface area contributed by atoms with E-state index in [9.17, 15) is 10.1 Å². The highest BCUT2D eigenvalue weighted by Crippen LogP contribution is 2.39. The lowest BCUT2D eigenvalue weighted by atomic mass is 9.95. The average Bonchev–Trinajstić information content (AvgIpc) is 3.32. The Morgan fingerprint density at radius 2 is 1.87 bits per heavy atom. The number of ether oxygens (including phenoxy) is 1. The number of pyridine rings is 2. The summed E-state index contributed by atoms with van der Waals surface area (Å²) >= 11 is 6.53. The lowest BCUT2D eigenvalue weighted by molar-refractivity contribution is -0.117. The fraction of sp³-hybridized carbons (Fsp3) is 0.481. The van der Waals surface area contributed by atoms with Gasteiger partial charge in [-0.1, -0.05) is 32.4 Å². The van der Waals surface area contributed by atoms with Gasteiger partial charge in [-0.2, -0.15) is 10.4 Å². The standard InChI is InChI=1S/C27H35ClN6O3Si/c1-17(37-38(7,8)27(3,4)5)24-16-32-34(33-24)26-23(28)10-19(13-31-26)9-22(35)11-20-14-30-15-21(12-29)25(20)18(2)36-6/h10,13-18H,9,11H2,1-8H3/t17?,18-/m0/s1. The van der Waals surface area contributed by atoms with Crippen LogP contribution in [0.5, 0.6) is 0 Å². The Hall–Kier alpha value is -2.97. The van der Waals surface area contributed by atoms with Gasteiger partial charge in [-0.15, -0.1) is 9.90 Å². The maximum absolute atomic E-state index is 12.9. The molecule has 0 fully saturated rings. The summed E-state index contributed by atoms with van der Waals surface area (Å²) in [6.45, 7) is 14.8. The van der Waals surface area contributed by atoms with Gasteiger partial charge < -0.3 is 9.16 Å². The van der Waals surface area contributed by atoms with Crippen LogP contribution in [0.1, 0.15) is 74.8 Å². The highest BCUT2D eigenvalue weighted by atomic mass is 35.5. The first-order chi connectivity index (χ1) is 17.8. The zero-order valence-electron chi connectivity index (χ0n) is 23.2. The lowest BCUT2D eigenvalue weighted by Gasteiger charge is -2.38. The molecule has 3 aromatic heterocycles. The van der Waals surface area contributed by atoms with Crippen molar-refractivity contribution in [3.05, 3.63) is 63.8 Å². The number of hydrogen-bond donors (Lipinski definition) is 0. The predicted octanol–water partition coefficient (Wildman–Crippen LogP) is 5.73. The van der Waals surface area contributed by atoms with Crippen LogP contribution in [0.2, 0.25) is 23.2 Å². The van der Waals surface area contributed by atoms with Crippen molar-refractivity contribution in [1.82, 2.24) is 25.0 Å². The van der Waals surface area contributed by atoms with Gasteiger partial charge in [-0.05, 0) is 49.2 Å². The van der Waals surface area contributed by atoms with E-state index in [1.54, 1.807) is 31.8 Å². The number of Topliss-reactive ketones (excluding diaryl/α,β-unsaturated/α-hetero) is 1. The highest BCUT2D eigenvalue weighted by molar-refractivity contribution is 6.74. The maximum atomic E-state index is 12.9. The number of aromatic nitrogens is 5. The Bertz CT molecular complexity index is 1350. The Labute approximate surface area is 230 Å². The van der Waals surface area contributed by atoms with E-state index in [4.69, 9.17) is 20.8 Å². The molecule has 11 heteroatoms. The van der Waals surface area contributed by atoms with E-state index >= 15 is 0 Å². The Balaban J connectivity index is 1.73. The second-order valence-electron chi connectivity index (χ2n) is 10.9. The van der Waals surface area contributed by atoms with Crippen molar-refractivity contribution in [3.8, 4) is 11.9 Å². The van der Waals surface area contributed by atoms with Crippen molar-refractivity contribution in [2.24, 2.45) is 0 Å². The van der Waals surface area contributed by atoms with E-state index in [0.29, 0.717) is 38.8 Å². The molecule has 0 aliphatic heterocycles. The number of hydrogen-bond acceptors (Lipinski definition) is 8. The van der Waals surface area contributed by atoms with Gasteiger partial charge in [0, 0.05) is 44.1 Å². The largest absolute Gasteiger partial charge is 0.409 e. The van der Waals surface area contributed by atoms with Crippen LogP contribution in [0, 0.1) is 11.3 Å². The fourth-order valence-corrected chi connectivity index (χ4v) is 5.42. The molecular formula is C27H35ClN6O3Si. The van der Waals surface area contributed by atoms with Crippen LogP contribution in [0.3, 0.4) is 0 Å². The SMILES string of the molecule is CO[C@@H](C)c1c(C#N)cncc1CC(=O)Cc1cnc(-n2ncc(C(C)O[Si](C)(C)C(C)(C)C)n2)c(Cl)c1. The first kappa shape index (κ1) is 29.6. The molecular weight excluding hydrogens is 520 g/mol. The molecule has 9 nitrogen and oxygen atoms in total. The molecule has 0 N–H and O–H groups in total. The Kier molecular flexibility index (Phi) is 9.20. The van der Waals surface area contributed by atoms with Gasteiger partial charge in [0.2, 0.25) is 0 Å². The van der Waals surface area contributed by atoms with Gasteiger partial charge >= 0.3 is 0 Å². The summed E-state index contributed by atoms with van der Waals surface area (Å²) in [6.07, 6.45) is 6.02. The van der Waals surface area contributed by atoms with Crippen LogP contribution in [-0.2, 0) is 26.8 Å². The topological polar surface area (TPSA) is 116 Å². The number of nitrogens with zero attached hydrogens (tertiary/aromatic N) is 6. The lowest BCUT2D eigenvalue weighted by Crippen LogP contribution is -2.41. The van der Waals surface area contributed by atoms with Gasteiger partial charge in [0.25, 0.3) is 0 Å². The predicted molar refractivity (Wildman–Crippen MR) is 148 cm³/mol. The number of ketones is 1. The molecule has 3 rings (SSSR count). The van der Waals surface area contributed by atoms with Gasteiger partial charge in [0.1, 0.15) is 17.5 Å². The normalized spacial score (nSPS) is 13.7. The summed E-state index contributed by atoms with van der Waals surface area (Å²) < 4.78 is 11.8. The molecule has 0 amide bonds. The number of halogens is 1. The van der Waals surface area contributed by atoms with Crippen LogP contribution in [0.25, 0.3) is 5.82 Å². The van der Waals surface area contributed by atoms with Crippen LogP contribution in [0.15, 0.2) is 30.9 Å². The van der Waals surface area contributed by atoms with Crippen LogP contribution in [-0.4, -0.2) is 46.2 Å². The third kappa shape index (κ3) is 6.72. The fourth-order valence-electron chi connectivity index (χ4n) is 3.80. The first-order valence-corrected chi connectivity index (χ1v) is 15.7. The molecule has 0 aliphatic rings. The number of methoxy groups -OCH3 is 1. The van der Waals surface area contributed by atoms with E-state index in [0.717, 1.165) is 0 Å². The third-order valence-electron chi connectivity index (χ3n) is 7.01. The van der Waals surface area contributed by atoms with Crippen molar-refractivity contribution >= 4 is 25.7 Å². The summed E-state index contributed by atoms with van der Waals surface area (Å²) in [5, 5.41) is 18.7. The molecule has 0 saturated heterocycles. The van der Waals surface area contributed by atoms with E-state index in [1.165, 1.54) is 11.0 Å². The smallest absolute Gasteiger partial charge is 0.193 e. The minimum Gasteiger partial charge on any atom is -0.409 e. The van der Waals surface area contributed by atoms with Gasteiger partial charge in [-0.3, -0.25) is 9.78 Å². The van der Waals surface area contributed by atoms with Crippen molar-refractivity contribution in [3.63, 3.8) is 0 Å². The summed E-state index contributed by atoms with van der Waals surface area (Å²) in [6, 6.07) is 3.83. The van der Waals surface area contributed by atoms with E-state index < -0.39 is 8.32 Å². The monoisotopic (exact) mass is 554 g/mol. The van der Waals surface area contributed by atoms with Crippen LogP contribution >= 0.6 is 11.6 Å². The second-order valence-corrected chi connectivity index (χ2v) is 16.0. The molecule has 3 heterocycles. The van der Waals surface area contributed by atoms with Crippen LogP contribution in [0.4, 0.5) is 0 Å². The van der Waals surface area contributed by atoms with Gasteiger partial charge in [0.05, 0.1) is 29.0 Å². The number of rotatable bonds is 10. The molecule has 0 saturated carbocycles. The summed E-state index contributed by atoms with van der Waals surface area (Å²) in [7, 11) is -0.416. The molecule has 0 aromatic carbocycles. The maximum Gasteiger partial charge on any atom is 0.193 e. The van der Waals surface area contributed by atoms with Gasteiger partial charge in [-0.25, -0.2) is 4.98 Å². The molecule has 1 unspecified atom stereocenters. The molecule has 0 aliphatic carbocycles. The Morgan fingerprint density at radius 1 is 1.16 bits per heavy atom.